The van der Waals surface area contributed by atoms with Crippen molar-refractivity contribution in [3.05, 3.63) is 72.1 Å². The maximum Gasteiger partial charge on any atom is 0.252 e. The Kier molecular flexibility index (Phi) is 4.55. The molecule has 0 atom stereocenters. The molecule has 9 nitrogen and oxygen atoms in total. The molecule has 0 aliphatic carbocycles. The Hall–Kier alpha value is -4.01. The number of H-pyrrole nitrogens is 1. The van der Waals surface area contributed by atoms with E-state index in [2.05, 4.69) is 25.4 Å². The monoisotopic (exact) mass is 374 g/mol. The van der Waals surface area contributed by atoms with Crippen molar-refractivity contribution in [2.75, 3.05) is 6.54 Å². The number of nitrogens with two attached hydrogens (primary N) is 1. The van der Waals surface area contributed by atoms with Crippen LogP contribution < -0.4 is 11.1 Å². The fraction of sp³-hybridized carbons (Fsp3) is 0.105. The number of amides is 1. The second-order valence-corrected chi connectivity index (χ2v) is 6.25. The van der Waals surface area contributed by atoms with Crippen LogP contribution in [0.25, 0.3) is 16.7 Å². The number of nitrogen functional groups attached to an aromatic ring is 1. The second-order valence-electron chi connectivity index (χ2n) is 6.25. The molecule has 1 aromatic carbocycles. The van der Waals surface area contributed by atoms with E-state index in [0.29, 0.717) is 29.9 Å². The number of nitrogens with one attached hydrogen (secondary N) is 3. The minimum Gasteiger partial charge on any atom is -0.384 e. The normalized spacial score (nSPS) is 10.9. The minimum absolute atomic E-state index is 0.0264. The third kappa shape index (κ3) is 3.45. The Bertz CT molecular complexity index is 1130. The van der Waals surface area contributed by atoms with Gasteiger partial charge < -0.3 is 16.0 Å². The van der Waals surface area contributed by atoms with Crippen LogP contribution in [0.5, 0.6) is 0 Å². The number of amidine groups is 1. The number of benzene rings is 1. The maximum atomic E-state index is 12.3. The number of aromatic nitrogens is 5. The molecule has 0 saturated heterocycles. The standard InChI is InChI=1S/C19H18N8O/c20-18(21)15-9-24-16-3-1-12(7-14(15)16)5-6-23-19(28)13-2-4-17(25-8-13)27-11-22-10-26-27/h1-4,7-11,24H,5-6H2,(H3,20,21)(H,23,28). The topological polar surface area (TPSA) is 138 Å². The highest BCUT2D eigenvalue weighted by Crippen LogP contribution is 2.19. The first-order valence-electron chi connectivity index (χ1n) is 8.65. The van der Waals surface area contributed by atoms with E-state index in [9.17, 15) is 4.79 Å². The van der Waals surface area contributed by atoms with Gasteiger partial charge in [0.2, 0.25) is 0 Å². The molecule has 5 N–H and O–H groups in total. The van der Waals surface area contributed by atoms with E-state index in [1.165, 1.54) is 17.2 Å². The quantitative estimate of drug-likeness (QED) is 0.298. The molecule has 4 rings (SSSR count). The minimum atomic E-state index is -0.190. The molecule has 0 aliphatic heterocycles. The van der Waals surface area contributed by atoms with Crippen LogP contribution in [0.4, 0.5) is 0 Å². The molecule has 0 fully saturated rings. The molecule has 140 valence electrons. The number of rotatable bonds is 6. The van der Waals surface area contributed by atoms with Gasteiger partial charge in [-0.1, -0.05) is 6.07 Å². The first-order valence-corrected chi connectivity index (χ1v) is 8.65. The van der Waals surface area contributed by atoms with Gasteiger partial charge in [0, 0.05) is 35.4 Å². The summed E-state index contributed by atoms with van der Waals surface area (Å²) in [6, 6.07) is 9.34. The van der Waals surface area contributed by atoms with E-state index in [-0.39, 0.29) is 11.7 Å². The summed E-state index contributed by atoms with van der Waals surface area (Å²) in [7, 11) is 0. The third-order valence-electron chi connectivity index (χ3n) is 4.40. The first kappa shape index (κ1) is 17.4. The van der Waals surface area contributed by atoms with Crippen LogP contribution in [-0.4, -0.2) is 43.0 Å². The zero-order valence-electron chi connectivity index (χ0n) is 14.9. The fourth-order valence-corrected chi connectivity index (χ4v) is 2.95. The van der Waals surface area contributed by atoms with Crippen molar-refractivity contribution in [1.29, 1.82) is 5.41 Å². The molecule has 0 spiro atoms. The summed E-state index contributed by atoms with van der Waals surface area (Å²) in [5.41, 5.74) is 8.75. The summed E-state index contributed by atoms with van der Waals surface area (Å²) in [5.74, 6) is 0.429. The molecule has 4 aromatic rings. The predicted molar refractivity (Wildman–Crippen MR) is 105 cm³/mol. The molecule has 9 heteroatoms. The number of carbonyl (C=O) groups is 1. The lowest BCUT2D eigenvalue weighted by atomic mass is 10.1. The number of aromatic amines is 1. The highest BCUT2D eigenvalue weighted by molar-refractivity contribution is 6.07. The molecule has 28 heavy (non-hydrogen) atoms. The maximum absolute atomic E-state index is 12.3. The van der Waals surface area contributed by atoms with Crippen molar-refractivity contribution < 1.29 is 4.79 Å². The Labute approximate surface area is 160 Å². The highest BCUT2D eigenvalue weighted by atomic mass is 16.1. The lowest BCUT2D eigenvalue weighted by Crippen LogP contribution is -2.25. The lowest BCUT2D eigenvalue weighted by Gasteiger charge is -2.07. The summed E-state index contributed by atoms with van der Waals surface area (Å²) in [6.07, 6.45) is 6.87. The van der Waals surface area contributed by atoms with E-state index in [0.717, 1.165) is 16.5 Å². The van der Waals surface area contributed by atoms with Crippen molar-refractivity contribution in [3.63, 3.8) is 0 Å². The van der Waals surface area contributed by atoms with Crippen molar-refractivity contribution in [2.24, 2.45) is 5.73 Å². The smallest absolute Gasteiger partial charge is 0.252 e. The van der Waals surface area contributed by atoms with Crippen LogP contribution in [0.2, 0.25) is 0 Å². The second kappa shape index (κ2) is 7.31. The molecule has 0 unspecified atom stereocenters. The van der Waals surface area contributed by atoms with Crippen molar-refractivity contribution in [2.45, 2.75) is 6.42 Å². The zero-order chi connectivity index (χ0) is 19.5. The van der Waals surface area contributed by atoms with Gasteiger partial charge in [0.25, 0.3) is 5.91 Å². The highest BCUT2D eigenvalue weighted by Gasteiger charge is 2.09. The van der Waals surface area contributed by atoms with Gasteiger partial charge in [-0.25, -0.2) is 14.6 Å². The van der Waals surface area contributed by atoms with Crippen molar-refractivity contribution in [1.82, 2.24) is 30.0 Å². The van der Waals surface area contributed by atoms with Gasteiger partial charge in [0.05, 0.1) is 5.56 Å². The van der Waals surface area contributed by atoms with Gasteiger partial charge in [0.1, 0.15) is 18.5 Å². The van der Waals surface area contributed by atoms with Crippen LogP contribution in [-0.2, 0) is 6.42 Å². The Balaban J connectivity index is 1.38. The summed E-state index contributed by atoms with van der Waals surface area (Å²) in [5, 5.41) is 15.4. The van der Waals surface area contributed by atoms with E-state index in [1.54, 1.807) is 24.7 Å². The lowest BCUT2D eigenvalue weighted by molar-refractivity contribution is 0.0954. The van der Waals surface area contributed by atoms with Gasteiger partial charge in [-0.05, 0) is 36.2 Å². The number of hydrogen-bond acceptors (Lipinski definition) is 5. The molecular formula is C19H18N8O. The molecule has 0 bridgehead atoms. The van der Waals surface area contributed by atoms with E-state index in [4.69, 9.17) is 11.1 Å². The number of fused-ring (bicyclic) bond motifs is 1. The SMILES string of the molecule is N=C(N)c1c[nH]c2ccc(CCNC(=O)c3ccc(-n4cncn4)nc3)cc12. The number of carbonyl (C=O) groups excluding carboxylic acids is 1. The average Bonchev–Trinajstić information content (AvgIpc) is 3.38. The third-order valence-corrected chi connectivity index (χ3v) is 4.40. The van der Waals surface area contributed by atoms with Crippen molar-refractivity contribution >= 4 is 22.6 Å². The van der Waals surface area contributed by atoms with Gasteiger partial charge in [-0.3, -0.25) is 10.2 Å². The molecule has 0 aliphatic rings. The van der Waals surface area contributed by atoms with E-state index >= 15 is 0 Å². The average molecular weight is 374 g/mol. The molecular weight excluding hydrogens is 356 g/mol. The molecule has 0 saturated carbocycles. The van der Waals surface area contributed by atoms with Crippen LogP contribution in [0.15, 0.2) is 55.4 Å². The summed E-state index contributed by atoms with van der Waals surface area (Å²) in [4.78, 5) is 23.5. The molecule has 3 aromatic heterocycles. The molecule has 3 heterocycles. The van der Waals surface area contributed by atoms with Crippen LogP contribution in [0.3, 0.4) is 0 Å². The predicted octanol–water partition coefficient (Wildman–Crippen LogP) is 1.40. The largest absolute Gasteiger partial charge is 0.384 e. The summed E-state index contributed by atoms with van der Waals surface area (Å²) < 4.78 is 1.52. The summed E-state index contributed by atoms with van der Waals surface area (Å²) >= 11 is 0. The first-order chi connectivity index (χ1) is 13.6. The van der Waals surface area contributed by atoms with Crippen LogP contribution >= 0.6 is 0 Å². The van der Waals surface area contributed by atoms with E-state index < -0.39 is 0 Å². The van der Waals surface area contributed by atoms with Crippen molar-refractivity contribution in [3.8, 4) is 5.82 Å². The zero-order valence-corrected chi connectivity index (χ0v) is 14.9. The van der Waals surface area contributed by atoms with Gasteiger partial charge >= 0.3 is 0 Å². The van der Waals surface area contributed by atoms with Gasteiger partial charge in [0.15, 0.2) is 5.82 Å². The molecule has 1 amide bonds. The van der Waals surface area contributed by atoms with Gasteiger partial charge in [-0.15, -0.1) is 0 Å². The Morgan fingerprint density at radius 2 is 2.18 bits per heavy atom. The van der Waals surface area contributed by atoms with Crippen LogP contribution in [0.1, 0.15) is 21.5 Å². The Morgan fingerprint density at radius 3 is 2.89 bits per heavy atom. The number of nitrogens with zero attached hydrogens (tertiary/aromatic N) is 4. The summed E-state index contributed by atoms with van der Waals surface area (Å²) in [6.45, 7) is 0.481. The van der Waals surface area contributed by atoms with E-state index in [1.807, 2.05) is 18.2 Å². The van der Waals surface area contributed by atoms with Crippen LogP contribution in [0, 0.1) is 5.41 Å². The fourth-order valence-electron chi connectivity index (χ4n) is 2.95. The number of hydrogen-bond donors (Lipinski definition) is 4. The number of pyridine rings is 1. The van der Waals surface area contributed by atoms with Gasteiger partial charge in [-0.2, -0.15) is 5.10 Å². The Morgan fingerprint density at radius 1 is 1.29 bits per heavy atom. The molecule has 0 radical (unpaired) electrons.